The highest BCUT2D eigenvalue weighted by Gasteiger charge is 2.33. The number of hydrogen-bond acceptors (Lipinski definition) is 5. The van der Waals surface area contributed by atoms with Crippen molar-refractivity contribution in [2.45, 2.75) is 38.0 Å². The average molecular weight is 254 g/mol. The van der Waals surface area contributed by atoms with Gasteiger partial charge in [-0.2, -0.15) is 4.98 Å². The SMILES string of the molecule is COCCCc1noc(C2CCC(C(=O)O)C2)n1. The Bertz CT molecular complexity index is 405. The normalized spacial score (nSPS) is 23.4. The monoisotopic (exact) mass is 254 g/mol. The summed E-state index contributed by atoms with van der Waals surface area (Å²) in [5, 5.41) is 12.9. The molecule has 18 heavy (non-hydrogen) atoms. The van der Waals surface area contributed by atoms with E-state index in [1.165, 1.54) is 0 Å². The third kappa shape index (κ3) is 3.07. The van der Waals surface area contributed by atoms with Crippen LogP contribution in [0.25, 0.3) is 0 Å². The number of aliphatic carboxylic acids is 1. The van der Waals surface area contributed by atoms with Gasteiger partial charge in [-0.1, -0.05) is 5.16 Å². The second kappa shape index (κ2) is 5.95. The van der Waals surface area contributed by atoms with E-state index in [2.05, 4.69) is 10.1 Å². The fourth-order valence-corrected chi connectivity index (χ4v) is 2.34. The van der Waals surface area contributed by atoms with Gasteiger partial charge >= 0.3 is 5.97 Å². The molecule has 0 aromatic carbocycles. The minimum atomic E-state index is -0.725. The Morgan fingerprint density at radius 2 is 2.39 bits per heavy atom. The molecule has 0 saturated heterocycles. The topological polar surface area (TPSA) is 85.5 Å². The molecule has 1 aromatic heterocycles. The smallest absolute Gasteiger partial charge is 0.306 e. The second-order valence-electron chi connectivity index (χ2n) is 4.69. The molecule has 0 aliphatic heterocycles. The minimum absolute atomic E-state index is 0.106. The van der Waals surface area contributed by atoms with E-state index in [0.29, 0.717) is 31.2 Å². The number of carboxylic acids is 1. The van der Waals surface area contributed by atoms with Gasteiger partial charge in [0, 0.05) is 26.1 Å². The van der Waals surface area contributed by atoms with Crippen molar-refractivity contribution in [3.05, 3.63) is 11.7 Å². The van der Waals surface area contributed by atoms with Crippen molar-refractivity contribution in [3.63, 3.8) is 0 Å². The zero-order valence-electron chi connectivity index (χ0n) is 10.5. The molecule has 6 heteroatoms. The van der Waals surface area contributed by atoms with Crippen molar-refractivity contribution in [2.75, 3.05) is 13.7 Å². The van der Waals surface area contributed by atoms with Gasteiger partial charge in [0.2, 0.25) is 5.89 Å². The Labute approximate surface area is 105 Å². The number of ether oxygens (including phenoxy) is 1. The third-order valence-electron chi connectivity index (χ3n) is 3.36. The highest BCUT2D eigenvalue weighted by Crippen LogP contribution is 2.37. The lowest BCUT2D eigenvalue weighted by Gasteiger charge is -2.02. The van der Waals surface area contributed by atoms with E-state index in [1.54, 1.807) is 7.11 Å². The first-order valence-electron chi connectivity index (χ1n) is 6.25. The largest absolute Gasteiger partial charge is 0.481 e. The average Bonchev–Trinajstić information content (AvgIpc) is 2.97. The molecule has 1 aromatic rings. The minimum Gasteiger partial charge on any atom is -0.481 e. The standard InChI is InChI=1S/C12H18N2O4/c1-17-6-2-3-10-13-11(18-14-10)8-4-5-9(7-8)12(15)16/h8-9H,2-7H2,1H3,(H,15,16). The second-order valence-corrected chi connectivity index (χ2v) is 4.69. The number of rotatable bonds is 6. The molecule has 1 aliphatic rings. The quantitative estimate of drug-likeness (QED) is 0.776. The lowest BCUT2D eigenvalue weighted by Crippen LogP contribution is -2.09. The molecular weight excluding hydrogens is 236 g/mol. The summed E-state index contributed by atoms with van der Waals surface area (Å²) < 4.78 is 10.2. The predicted molar refractivity (Wildman–Crippen MR) is 62.2 cm³/mol. The van der Waals surface area contributed by atoms with E-state index >= 15 is 0 Å². The Balaban J connectivity index is 1.88. The third-order valence-corrected chi connectivity index (χ3v) is 3.36. The number of aromatic nitrogens is 2. The van der Waals surface area contributed by atoms with Crippen LogP contribution in [-0.2, 0) is 16.0 Å². The van der Waals surface area contributed by atoms with Crippen molar-refractivity contribution >= 4 is 5.97 Å². The van der Waals surface area contributed by atoms with Gasteiger partial charge in [-0.25, -0.2) is 0 Å². The molecule has 2 atom stereocenters. The van der Waals surface area contributed by atoms with Crippen LogP contribution in [0.3, 0.4) is 0 Å². The first kappa shape index (κ1) is 13.0. The van der Waals surface area contributed by atoms with Crippen LogP contribution in [0.2, 0.25) is 0 Å². The van der Waals surface area contributed by atoms with Crippen LogP contribution >= 0.6 is 0 Å². The number of carboxylic acid groups (broad SMARTS) is 1. The number of aryl methyl sites for hydroxylation is 1. The lowest BCUT2D eigenvalue weighted by molar-refractivity contribution is -0.141. The molecule has 0 radical (unpaired) electrons. The van der Waals surface area contributed by atoms with Crippen molar-refractivity contribution in [2.24, 2.45) is 5.92 Å². The summed E-state index contributed by atoms with van der Waals surface area (Å²) in [5.41, 5.74) is 0. The highest BCUT2D eigenvalue weighted by atomic mass is 16.5. The summed E-state index contributed by atoms with van der Waals surface area (Å²) in [6, 6.07) is 0. The van der Waals surface area contributed by atoms with Gasteiger partial charge in [-0.3, -0.25) is 4.79 Å². The maximum atomic E-state index is 10.9. The Hall–Kier alpha value is -1.43. The number of methoxy groups -OCH3 is 1. The predicted octanol–water partition coefficient (Wildman–Crippen LogP) is 1.62. The van der Waals surface area contributed by atoms with Gasteiger partial charge in [0.1, 0.15) is 0 Å². The molecule has 1 heterocycles. The summed E-state index contributed by atoms with van der Waals surface area (Å²) >= 11 is 0. The number of hydrogen-bond donors (Lipinski definition) is 1. The molecule has 1 saturated carbocycles. The Morgan fingerprint density at radius 3 is 3.06 bits per heavy atom. The maximum Gasteiger partial charge on any atom is 0.306 e. The number of carbonyl (C=O) groups is 1. The van der Waals surface area contributed by atoms with Gasteiger partial charge in [0.15, 0.2) is 5.82 Å². The van der Waals surface area contributed by atoms with Crippen LogP contribution in [0, 0.1) is 5.92 Å². The molecule has 2 unspecified atom stereocenters. The van der Waals surface area contributed by atoms with E-state index in [0.717, 1.165) is 19.3 Å². The van der Waals surface area contributed by atoms with Crippen molar-refractivity contribution in [1.29, 1.82) is 0 Å². The molecule has 0 spiro atoms. The Morgan fingerprint density at radius 1 is 1.56 bits per heavy atom. The van der Waals surface area contributed by atoms with E-state index in [-0.39, 0.29) is 11.8 Å². The van der Waals surface area contributed by atoms with Gasteiger partial charge in [0.25, 0.3) is 0 Å². The van der Waals surface area contributed by atoms with Crippen LogP contribution in [0.15, 0.2) is 4.52 Å². The first-order chi connectivity index (χ1) is 8.70. The van der Waals surface area contributed by atoms with Crippen molar-refractivity contribution in [3.8, 4) is 0 Å². The van der Waals surface area contributed by atoms with Gasteiger partial charge in [0.05, 0.1) is 5.92 Å². The van der Waals surface area contributed by atoms with Crippen LogP contribution in [0.1, 0.15) is 43.3 Å². The summed E-state index contributed by atoms with van der Waals surface area (Å²) in [6.45, 7) is 0.675. The van der Waals surface area contributed by atoms with E-state index in [9.17, 15) is 4.79 Å². The molecule has 0 bridgehead atoms. The summed E-state index contributed by atoms with van der Waals surface area (Å²) in [6.07, 6.45) is 3.71. The summed E-state index contributed by atoms with van der Waals surface area (Å²) in [4.78, 5) is 15.2. The molecule has 6 nitrogen and oxygen atoms in total. The molecular formula is C12H18N2O4. The Kier molecular flexibility index (Phi) is 4.30. The van der Waals surface area contributed by atoms with Gasteiger partial charge in [-0.05, 0) is 25.7 Å². The van der Waals surface area contributed by atoms with Crippen LogP contribution in [0.5, 0.6) is 0 Å². The van der Waals surface area contributed by atoms with Crippen LogP contribution in [0.4, 0.5) is 0 Å². The molecule has 2 rings (SSSR count). The summed E-state index contributed by atoms with van der Waals surface area (Å²) in [5.74, 6) is 0.387. The fraction of sp³-hybridized carbons (Fsp3) is 0.750. The molecule has 1 N–H and O–H groups in total. The lowest BCUT2D eigenvalue weighted by atomic mass is 10.1. The van der Waals surface area contributed by atoms with E-state index in [1.807, 2.05) is 0 Å². The number of nitrogens with zero attached hydrogens (tertiary/aromatic N) is 2. The van der Waals surface area contributed by atoms with E-state index < -0.39 is 5.97 Å². The van der Waals surface area contributed by atoms with Gasteiger partial charge in [-0.15, -0.1) is 0 Å². The molecule has 1 fully saturated rings. The van der Waals surface area contributed by atoms with Crippen molar-refractivity contribution < 1.29 is 19.2 Å². The van der Waals surface area contributed by atoms with Crippen LogP contribution < -0.4 is 0 Å². The van der Waals surface area contributed by atoms with Crippen LogP contribution in [-0.4, -0.2) is 34.9 Å². The molecule has 100 valence electrons. The first-order valence-corrected chi connectivity index (χ1v) is 6.25. The summed E-state index contributed by atoms with van der Waals surface area (Å²) in [7, 11) is 1.66. The fourth-order valence-electron chi connectivity index (χ4n) is 2.34. The van der Waals surface area contributed by atoms with Gasteiger partial charge < -0.3 is 14.4 Å². The maximum absolute atomic E-state index is 10.9. The zero-order chi connectivity index (χ0) is 13.0. The zero-order valence-corrected chi connectivity index (χ0v) is 10.5. The van der Waals surface area contributed by atoms with E-state index in [4.69, 9.17) is 14.4 Å². The highest BCUT2D eigenvalue weighted by molar-refractivity contribution is 5.70. The molecule has 0 amide bonds. The molecule has 1 aliphatic carbocycles. The van der Waals surface area contributed by atoms with Crippen molar-refractivity contribution in [1.82, 2.24) is 10.1 Å².